The number of hydrogen-bond acceptors (Lipinski definition) is 2. The van der Waals surface area contributed by atoms with Crippen molar-refractivity contribution in [2.45, 2.75) is 43.9 Å². The molecule has 0 unspecified atom stereocenters. The van der Waals surface area contributed by atoms with E-state index in [-0.39, 0.29) is 27.9 Å². The van der Waals surface area contributed by atoms with Gasteiger partial charge in [0, 0.05) is 31.1 Å². The molecule has 0 aliphatic carbocycles. The highest BCUT2D eigenvalue weighted by molar-refractivity contribution is 6.77. The third-order valence-corrected chi connectivity index (χ3v) is 16.6. The molecule has 0 amide bonds. The number of aromatic nitrogens is 4. The third-order valence-electron chi connectivity index (χ3n) is 13.3. The van der Waals surface area contributed by atoms with E-state index in [1.165, 1.54) is 30.5 Å². The van der Waals surface area contributed by atoms with Crippen LogP contribution in [-0.4, -0.2) is 22.2 Å². The SMILES string of the molecule is [2H]c1c([2H])c([2H])c(-c2cccc(-c3c([2H])c([2H])c([2H])c([2H])c3[2H])c2-[n+]2[c-]n(-c3cccc(Oc4ccc5c6ccccc6n(-c6cc(-c7ccc(C8CC[Si](C)(C)CC8)cc7)ccn6)c5c4)c3)c3ccccc32)c([2H])c1[2H]. The second-order valence-electron chi connectivity index (χ2n) is 18.1. The summed E-state index contributed by atoms with van der Waals surface area (Å²) < 4.78 is 99.6. The number of ether oxygens (including phenoxy) is 1. The van der Waals surface area contributed by atoms with Crippen LogP contribution in [0.25, 0.3) is 83.4 Å². The minimum Gasteiger partial charge on any atom is -0.458 e. The predicted molar refractivity (Wildman–Crippen MR) is 278 cm³/mol. The molecule has 1 aliphatic rings. The van der Waals surface area contributed by atoms with Gasteiger partial charge in [-0.15, -0.1) is 0 Å². The average molecular weight is 893 g/mol. The topological polar surface area (TPSA) is 35.9 Å². The summed E-state index contributed by atoms with van der Waals surface area (Å²) in [6.45, 7) is 5.03. The van der Waals surface area contributed by atoms with Gasteiger partial charge in [0.2, 0.25) is 0 Å². The van der Waals surface area contributed by atoms with E-state index >= 15 is 0 Å². The standard InChI is InChI=1S/C61H50N4OSi/c1-67(2)37-34-45(35-38-67)43-27-29-44(30-28-43)48-33-36-62-60(39-48)65-56-24-10-9-21-54(56)55-32-31-51(41-59(55)65)66-50-20-13-19-49(40-50)63-42-64(58-26-12-11-25-57(58)63)61-52(46-15-5-3-6-16-46)22-14-23-53(61)47-17-7-4-8-18-47/h3-33,36,39-41,45H,34-35,37-38H2,1-2H3/i3D,4D,5D,6D,7D,8D,15D,16D,17D,18D. The number of nitrogens with zero attached hydrogens (tertiary/aromatic N) is 4. The fourth-order valence-corrected chi connectivity index (χ4v) is 12.4. The van der Waals surface area contributed by atoms with Gasteiger partial charge in [-0.2, -0.15) is 0 Å². The first-order chi connectivity index (χ1) is 37.1. The van der Waals surface area contributed by atoms with E-state index in [9.17, 15) is 0 Å². The van der Waals surface area contributed by atoms with Crippen molar-refractivity contribution in [2.75, 3.05) is 0 Å². The molecule has 4 heterocycles. The first-order valence-corrected chi connectivity index (χ1v) is 26.1. The summed E-state index contributed by atoms with van der Waals surface area (Å²) in [6, 6.07) is 45.0. The number of benzene rings is 8. The third kappa shape index (κ3) is 7.63. The highest BCUT2D eigenvalue weighted by Gasteiger charge is 2.29. The largest absolute Gasteiger partial charge is 0.458 e. The quantitative estimate of drug-likeness (QED) is 0.0822. The van der Waals surface area contributed by atoms with Crippen LogP contribution in [0, 0.1) is 6.33 Å². The van der Waals surface area contributed by atoms with E-state index in [2.05, 4.69) is 78.6 Å². The van der Waals surface area contributed by atoms with Crippen LogP contribution in [0.5, 0.6) is 11.5 Å². The van der Waals surface area contributed by atoms with Crippen molar-refractivity contribution < 1.29 is 23.0 Å². The van der Waals surface area contributed by atoms with Crippen LogP contribution in [0.1, 0.15) is 38.0 Å². The van der Waals surface area contributed by atoms with E-state index in [1.807, 2.05) is 79.0 Å². The minimum absolute atomic E-state index is 0.127. The zero-order chi connectivity index (χ0) is 53.6. The molecular weight excluding hydrogens is 833 g/mol. The van der Waals surface area contributed by atoms with E-state index < -0.39 is 68.5 Å². The summed E-state index contributed by atoms with van der Waals surface area (Å²) in [4.78, 5) is 4.94. The molecule has 324 valence electrons. The molecule has 0 spiro atoms. The molecule has 3 aromatic heterocycles. The predicted octanol–water partition coefficient (Wildman–Crippen LogP) is 15.6. The smallest absolute Gasteiger partial charge is 0.269 e. The Labute approximate surface area is 406 Å². The van der Waals surface area contributed by atoms with Crippen molar-refractivity contribution in [3.05, 3.63) is 224 Å². The monoisotopic (exact) mass is 892 g/mol. The van der Waals surface area contributed by atoms with E-state index in [0.717, 1.165) is 38.8 Å². The number of pyridine rings is 1. The van der Waals surface area contributed by atoms with Gasteiger partial charge < -0.3 is 4.74 Å². The van der Waals surface area contributed by atoms with Crippen LogP contribution in [0.4, 0.5) is 0 Å². The molecule has 0 saturated carbocycles. The lowest BCUT2D eigenvalue weighted by Gasteiger charge is -2.33. The van der Waals surface area contributed by atoms with Gasteiger partial charge in [0.15, 0.2) is 0 Å². The Morgan fingerprint density at radius 1 is 0.597 bits per heavy atom. The second-order valence-corrected chi connectivity index (χ2v) is 23.4. The highest BCUT2D eigenvalue weighted by atomic mass is 28.3. The van der Waals surface area contributed by atoms with E-state index in [4.69, 9.17) is 23.4 Å². The maximum Gasteiger partial charge on any atom is 0.269 e. The Balaban J connectivity index is 0.948. The number of rotatable bonds is 9. The van der Waals surface area contributed by atoms with Crippen molar-refractivity contribution in [3.63, 3.8) is 0 Å². The van der Waals surface area contributed by atoms with Gasteiger partial charge in [0.05, 0.1) is 47.1 Å². The molecule has 0 bridgehead atoms. The Bertz CT molecular complexity index is 4060. The molecule has 67 heavy (non-hydrogen) atoms. The zero-order valence-corrected chi connectivity index (χ0v) is 38.0. The molecule has 0 N–H and O–H groups in total. The van der Waals surface area contributed by atoms with Crippen LogP contribution in [0.2, 0.25) is 25.2 Å². The van der Waals surface area contributed by atoms with Crippen LogP contribution in [-0.2, 0) is 0 Å². The van der Waals surface area contributed by atoms with Gasteiger partial charge in [0.1, 0.15) is 17.3 Å². The van der Waals surface area contributed by atoms with Gasteiger partial charge >= 0.3 is 0 Å². The van der Waals surface area contributed by atoms with E-state index in [0.29, 0.717) is 34.1 Å². The molecular formula is C61H50N4OSi. The van der Waals surface area contributed by atoms with Crippen LogP contribution in [0.3, 0.4) is 0 Å². The van der Waals surface area contributed by atoms with Crippen molar-refractivity contribution in [1.82, 2.24) is 14.1 Å². The summed E-state index contributed by atoms with van der Waals surface area (Å²) in [7, 11) is -1.05. The summed E-state index contributed by atoms with van der Waals surface area (Å²) in [6.07, 6.45) is 7.89. The Hall–Kier alpha value is -7.80. The maximum atomic E-state index is 9.04. The van der Waals surface area contributed by atoms with Crippen molar-refractivity contribution in [1.29, 1.82) is 0 Å². The molecule has 1 saturated heterocycles. The van der Waals surface area contributed by atoms with Gasteiger partial charge in [0.25, 0.3) is 6.33 Å². The summed E-state index contributed by atoms with van der Waals surface area (Å²) >= 11 is 0. The Morgan fingerprint density at radius 3 is 2.00 bits per heavy atom. The highest BCUT2D eigenvalue weighted by Crippen LogP contribution is 2.40. The maximum absolute atomic E-state index is 9.04. The van der Waals surface area contributed by atoms with Crippen molar-refractivity contribution in [3.8, 4) is 62.1 Å². The van der Waals surface area contributed by atoms with E-state index in [1.54, 1.807) is 27.3 Å². The number of para-hydroxylation sites is 4. The van der Waals surface area contributed by atoms with Gasteiger partial charge in [-0.05, 0) is 106 Å². The first kappa shape index (κ1) is 31.2. The molecule has 1 fully saturated rings. The average Bonchev–Trinajstić information content (AvgIpc) is 4.18. The van der Waals surface area contributed by atoms with Crippen LogP contribution in [0.15, 0.2) is 212 Å². The summed E-state index contributed by atoms with van der Waals surface area (Å²) in [5, 5.41) is 2.12. The van der Waals surface area contributed by atoms with Gasteiger partial charge in [-0.1, -0.05) is 177 Å². The molecule has 5 nitrogen and oxygen atoms in total. The van der Waals surface area contributed by atoms with Crippen LogP contribution < -0.4 is 9.30 Å². The molecule has 11 aromatic rings. The first-order valence-electron chi connectivity index (χ1n) is 27.7. The van der Waals surface area contributed by atoms with Gasteiger partial charge in [-0.3, -0.25) is 13.7 Å². The van der Waals surface area contributed by atoms with Gasteiger partial charge in [-0.25, -0.2) is 4.98 Å². The lowest BCUT2D eigenvalue weighted by atomic mass is 9.92. The van der Waals surface area contributed by atoms with Crippen LogP contribution >= 0.6 is 0 Å². The molecule has 8 aromatic carbocycles. The second kappa shape index (κ2) is 16.9. The molecule has 1 aliphatic heterocycles. The van der Waals surface area contributed by atoms with Crippen molar-refractivity contribution >= 4 is 40.9 Å². The molecule has 12 rings (SSSR count). The zero-order valence-electron chi connectivity index (χ0n) is 47.0. The molecule has 0 atom stereocenters. The fourth-order valence-electron chi connectivity index (χ4n) is 9.86. The lowest BCUT2D eigenvalue weighted by molar-refractivity contribution is -0.571. The fraction of sp³-hybridized carbons (Fsp3) is 0.115. The number of imidazole rings is 1. The van der Waals surface area contributed by atoms with Crippen molar-refractivity contribution in [2.24, 2.45) is 0 Å². The minimum atomic E-state index is -1.05. The summed E-state index contributed by atoms with van der Waals surface area (Å²) in [5.41, 5.74) is 7.68. The lowest BCUT2D eigenvalue weighted by Crippen LogP contribution is -2.31. The Morgan fingerprint density at radius 2 is 1.25 bits per heavy atom. The normalized spacial score (nSPS) is 16.0. The Kier molecular flexibility index (Phi) is 7.85. The number of hydrogen-bond donors (Lipinski definition) is 0. The number of fused-ring (bicyclic) bond motifs is 4. The molecule has 0 radical (unpaired) electrons. The summed E-state index contributed by atoms with van der Waals surface area (Å²) in [5.74, 6) is 2.51. The molecule has 6 heteroatoms.